The van der Waals surface area contributed by atoms with Gasteiger partial charge in [-0.25, -0.2) is 9.78 Å². The lowest BCUT2D eigenvalue weighted by Gasteiger charge is -2.05. The molecule has 0 aliphatic carbocycles. The third-order valence-corrected chi connectivity index (χ3v) is 3.98. The van der Waals surface area contributed by atoms with Crippen molar-refractivity contribution in [2.75, 3.05) is 0 Å². The number of aromatic nitrogens is 1. The molecule has 0 aliphatic heterocycles. The van der Waals surface area contributed by atoms with Gasteiger partial charge in [-0.2, -0.15) is 0 Å². The molecule has 0 bridgehead atoms. The minimum absolute atomic E-state index is 0.128. The third kappa shape index (κ3) is 3.73. The molecule has 0 atom stereocenters. The molecule has 0 N–H and O–H groups in total. The highest BCUT2D eigenvalue weighted by Gasteiger charge is 2.19. The van der Waals surface area contributed by atoms with Crippen LogP contribution in [0.2, 0.25) is 5.02 Å². The molecule has 132 valence electrons. The first-order chi connectivity index (χ1) is 12.5. The number of halogens is 1. The number of hydrogen-bond donors (Lipinski definition) is 0. The molecule has 2 aromatic carbocycles. The summed E-state index contributed by atoms with van der Waals surface area (Å²) in [4.78, 5) is 26.7. The maximum Gasteiger partial charge on any atom is 0.339 e. The van der Waals surface area contributed by atoms with E-state index in [1.807, 2.05) is 0 Å². The second-order valence-electron chi connectivity index (χ2n) is 5.41. The third-order valence-electron chi connectivity index (χ3n) is 3.73. The first-order valence-electron chi connectivity index (χ1n) is 7.57. The summed E-state index contributed by atoms with van der Waals surface area (Å²) in [5.74, 6) is 0.0445. The van der Waals surface area contributed by atoms with Gasteiger partial charge in [0.1, 0.15) is 0 Å². The SMILES string of the molecule is Cc1c(C(=O)OCc2ncc(-c3ccc(Cl)cc3)o2)cccc1[N+](=O)[O-]. The Hall–Kier alpha value is -3.19. The van der Waals surface area contributed by atoms with Crippen LogP contribution in [0.4, 0.5) is 5.69 Å². The molecule has 0 aliphatic rings. The molecule has 0 fully saturated rings. The van der Waals surface area contributed by atoms with Crippen LogP contribution in [0.5, 0.6) is 0 Å². The van der Waals surface area contributed by atoms with Gasteiger partial charge in [0.15, 0.2) is 12.4 Å². The van der Waals surface area contributed by atoms with Gasteiger partial charge in [-0.05, 0) is 37.3 Å². The van der Waals surface area contributed by atoms with E-state index in [2.05, 4.69) is 4.98 Å². The van der Waals surface area contributed by atoms with Crippen molar-refractivity contribution in [1.82, 2.24) is 4.98 Å². The average Bonchev–Trinajstić information content (AvgIpc) is 3.09. The van der Waals surface area contributed by atoms with E-state index < -0.39 is 10.9 Å². The Labute approximate surface area is 153 Å². The standard InChI is InChI=1S/C18H13ClN2O5/c1-11-14(3-2-4-15(11)21(23)24)18(22)25-10-17-20-9-16(26-17)12-5-7-13(19)8-6-12/h2-9H,10H2,1H3. The lowest BCUT2D eigenvalue weighted by Crippen LogP contribution is -2.08. The Bertz CT molecular complexity index is 966. The van der Waals surface area contributed by atoms with Crippen LogP contribution < -0.4 is 0 Å². The molecule has 0 saturated heterocycles. The zero-order chi connectivity index (χ0) is 18.7. The summed E-state index contributed by atoms with van der Waals surface area (Å²) in [7, 11) is 0. The molecule has 1 aromatic heterocycles. The summed E-state index contributed by atoms with van der Waals surface area (Å²) in [5.41, 5.74) is 1.02. The van der Waals surface area contributed by atoms with Crippen molar-refractivity contribution in [1.29, 1.82) is 0 Å². The van der Waals surface area contributed by atoms with Gasteiger partial charge in [0.25, 0.3) is 5.69 Å². The second kappa shape index (κ2) is 7.37. The predicted octanol–water partition coefficient (Wildman–Crippen LogP) is 4.57. The van der Waals surface area contributed by atoms with Gasteiger partial charge in [-0.15, -0.1) is 0 Å². The molecule has 3 rings (SSSR count). The van der Waals surface area contributed by atoms with Crippen LogP contribution in [0.15, 0.2) is 53.1 Å². The largest absolute Gasteiger partial charge is 0.452 e. The summed E-state index contributed by atoms with van der Waals surface area (Å²) >= 11 is 5.84. The van der Waals surface area contributed by atoms with Crippen molar-refractivity contribution in [3.63, 3.8) is 0 Å². The summed E-state index contributed by atoms with van der Waals surface area (Å²) in [6.45, 7) is 1.31. The van der Waals surface area contributed by atoms with E-state index in [9.17, 15) is 14.9 Å². The summed E-state index contributed by atoms with van der Waals surface area (Å²) in [5, 5.41) is 11.6. The first-order valence-corrected chi connectivity index (χ1v) is 7.95. The smallest absolute Gasteiger partial charge is 0.339 e. The zero-order valence-corrected chi connectivity index (χ0v) is 14.4. The number of nitro groups is 1. The molecule has 8 heteroatoms. The van der Waals surface area contributed by atoms with Gasteiger partial charge >= 0.3 is 5.97 Å². The quantitative estimate of drug-likeness (QED) is 0.370. The molecule has 0 saturated carbocycles. The summed E-state index contributed by atoms with van der Waals surface area (Å²) in [6.07, 6.45) is 1.52. The fraction of sp³-hybridized carbons (Fsp3) is 0.111. The lowest BCUT2D eigenvalue weighted by molar-refractivity contribution is -0.385. The number of benzene rings is 2. The molecule has 0 radical (unpaired) electrons. The molecule has 0 unspecified atom stereocenters. The van der Waals surface area contributed by atoms with Gasteiger partial charge in [0.2, 0.25) is 5.89 Å². The molecule has 0 spiro atoms. The molecule has 1 heterocycles. The fourth-order valence-electron chi connectivity index (χ4n) is 2.37. The number of rotatable bonds is 5. The van der Waals surface area contributed by atoms with Gasteiger partial charge in [-0.3, -0.25) is 10.1 Å². The molecule has 3 aromatic rings. The van der Waals surface area contributed by atoms with Crippen molar-refractivity contribution in [3.8, 4) is 11.3 Å². The number of oxazole rings is 1. The molecule has 26 heavy (non-hydrogen) atoms. The number of carbonyl (C=O) groups excluding carboxylic acids is 1. The average molecular weight is 373 g/mol. The van der Waals surface area contributed by atoms with E-state index in [0.717, 1.165) is 5.56 Å². The fourth-order valence-corrected chi connectivity index (χ4v) is 2.50. The highest BCUT2D eigenvalue weighted by molar-refractivity contribution is 6.30. The minimum atomic E-state index is -0.683. The van der Waals surface area contributed by atoms with Crippen LogP contribution in [0.1, 0.15) is 21.8 Å². The van der Waals surface area contributed by atoms with Crippen LogP contribution in [0, 0.1) is 17.0 Å². The number of hydrogen-bond acceptors (Lipinski definition) is 6. The van der Waals surface area contributed by atoms with Crippen molar-refractivity contribution in [2.24, 2.45) is 0 Å². The monoisotopic (exact) mass is 372 g/mol. The number of nitro benzene ring substituents is 1. The van der Waals surface area contributed by atoms with E-state index in [0.29, 0.717) is 10.8 Å². The van der Waals surface area contributed by atoms with E-state index in [1.165, 1.54) is 31.3 Å². The topological polar surface area (TPSA) is 95.5 Å². The Morgan fingerprint density at radius 2 is 2.00 bits per heavy atom. The van der Waals surface area contributed by atoms with Crippen LogP contribution in [-0.4, -0.2) is 15.9 Å². The maximum absolute atomic E-state index is 12.2. The molecular formula is C18H13ClN2O5. The number of ether oxygens (including phenoxy) is 1. The van der Waals surface area contributed by atoms with Crippen LogP contribution in [-0.2, 0) is 11.3 Å². The van der Waals surface area contributed by atoms with Gasteiger partial charge < -0.3 is 9.15 Å². The minimum Gasteiger partial charge on any atom is -0.452 e. The number of carbonyl (C=O) groups is 1. The van der Waals surface area contributed by atoms with Gasteiger partial charge in [0.05, 0.1) is 16.7 Å². The van der Waals surface area contributed by atoms with E-state index in [4.69, 9.17) is 20.8 Å². The maximum atomic E-state index is 12.2. The first kappa shape index (κ1) is 17.6. The van der Waals surface area contributed by atoms with E-state index in [1.54, 1.807) is 24.3 Å². The van der Waals surface area contributed by atoms with Crippen molar-refractivity contribution in [3.05, 3.63) is 80.8 Å². The van der Waals surface area contributed by atoms with Crippen molar-refractivity contribution < 1.29 is 18.9 Å². The van der Waals surface area contributed by atoms with E-state index >= 15 is 0 Å². The molecule has 7 nitrogen and oxygen atoms in total. The molecular weight excluding hydrogens is 360 g/mol. The van der Waals surface area contributed by atoms with Crippen LogP contribution >= 0.6 is 11.6 Å². The van der Waals surface area contributed by atoms with Crippen LogP contribution in [0.3, 0.4) is 0 Å². The van der Waals surface area contributed by atoms with Crippen molar-refractivity contribution >= 4 is 23.3 Å². The van der Waals surface area contributed by atoms with Gasteiger partial charge in [-0.1, -0.05) is 17.7 Å². The summed E-state index contributed by atoms with van der Waals surface area (Å²) in [6, 6.07) is 11.3. The lowest BCUT2D eigenvalue weighted by atomic mass is 10.1. The van der Waals surface area contributed by atoms with Crippen molar-refractivity contribution in [2.45, 2.75) is 13.5 Å². The predicted molar refractivity (Wildman–Crippen MR) is 93.9 cm³/mol. The zero-order valence-electron chi connectivity index (χ0n) is 13.6. The van der Waals surface area contributed by atoms with Crippen LogP contribution in [0.25, 0.3) is 11.3 Å². The highest BCUT2D eigenvalue weighted by Crippen LogP contribution is 2.24. The highest BCUT2D eigenvalue weighted by atomic mass is 35.5. The number of esters is 1. The Kier molecular flexibility index (Phi) is 4.99. The Balaban J connectivity index is 1.70. The Morgan fingerprint density at radius 1 is 1.27 bits per heavy atom. The second-order valence-corrected chi connectivity index (χ2v) is 5.84. The number of nitrogens with zero attached hydrogens (tertiary/aromatic N) is 2. The molecule has 0 amide bonds. The summed E-state index contributed by atoms with van der Waals surface area (Å²) < 4.78 is 10.7. The Morgan fingerprint density at radius 3 is 2.69 bits per heavy atom. The van der Waals surface area contributed by atoms with Gasteiger partial charge in [0, 0.05) is 22.2 Å². The normalized spacial score (nSPS) is 10.5. The van der Waals surface area contributed by atoms with E-state index in [-0.39, 0.29) is 29.3 Å².